The van der Waals surface area contributed by atoms with E-state index in [1.807, 2.05) is 58.9 Å². The summed E-state index contributed by atoms with van der Waals surface area (Å²) in [7, 11) is 0. The number of hydrogen-bond acceptors (Lipinski definition) is 4. The van der Waals surface area contributed by atoms with Gasteiger partial charge in [0.1, 0.15) is 22.9 Å². The fraction of sp³-hybridized carbons (Fsp3) is 0.273. The van der Waals surface area contributed by atoms with Gasteiger partial charge in [0.25, 0.3) is 0 Å². The SMILES string of the molecule is CCOc1cc2oc(C)c(C)c2cc1/C(C)=C/C(=O)Nc1ncccc1C. The van der Waals surface area contributed by atoms with E-state index in [-0.39, 0.29) is 5.91 Å². The minimum absolute atomic E-state index is 0.225. The molecule has 2 aromatic heterocycles. The maximum atomic E-state index is 12.5. The predicted molar refractivity (Wildman–Crippen MR) is 108 cm³/mol. The summed E-state index contributed by atoms with van der Waals surface area (Å²) in [5.74, 6) is 1.93. The molecule has 0 spiro atoms. The van der Waals surface area contributed by atoms with Gasteiger partial charge in [-0.25, -0.2) is 4.98 Å². The van der Waals surface area contributed by atoms with Gasteiger partial charge in [0, 0.05) is 29.3 Å². The summed E-state index contributed by atoms with van der Waals surface area (Å²) in [5.41, 5.74) is 4.48. The van der Waals surface area contributed by atoms with Crippen LogP contribution in [0.5, 0.6) is 5.75 Å². The molecular weight excluding hydrogens is 340 g/mol. The van der Waals surface area contributed by atoms with Crippen molar-refractivity contribution >= 4 is 28.3 Å². The summed E-state index contributed by atoms with van der Waals surface area (Å²) in [5, 5.41) is 3.86. The Balaban J connectivity index is 1.97. The second-order valence-electron chi connectivity index (χ2n) is 6.55. The largest absolute Gasteiger partial charge is 0.493 e. The molecule has 140 valence electrons. The number of benzene rings is 1. The number of fused-ring (bicyclic) bond motifs is 1. The van der Waals surface area contributed by atoms with Crippen LogP contribution in [0.25, 0.3) is 16.5 Å². The number of rotatable bonds is 5. The van der Waals surface area contributed by atoms with Gasteiger partial charge >= 0.3 is 0 Å². The molecule has 5 nitrogen and oxygen atoms in total. The Hall–Kier alpha value is -3.08. The molecule has 0 aliphatic rings. The number of pyridine rings is 1. The van der Waals surface area contributed by atoms with Crippen molar-refractivity contribution in [1.82, 2.24) is 4.98 Å². The Morgan fingerprint density at radius 1 is 1.30 bits per heavy atom. The van der Waals surface area contributed by atoms with Crippen LogP contribution in [-0.4, -0.2) is 17.5 Å². The summed E-state index contributed by atoms with van der Waals surface area (Å²) >= 11 is 0. The molecule has 0 aliphatic heterocycles. The topological polar surface area (TPSA) is 64.4 Å². The third-order valence-corrected chi connectivity index (χ3v) is 4.60. The van der Waals surface area contributed by atoms with Gasteiger partial charge in [-0.3, -0.25) is 4.79 Å². The van der Waals surface area contributed by atoms with E-state index < -0.39 is 0 Å². The Kier molecular flexibility index (Phi) is 5.31. The number of nitrogens with one attached hydrogen (secondary N) is 1. The molecule has 0 radical (unpaired) electrons. The van der Waals surface area contributed by atoms with Crippen LogP contribution in [0.1, 0.15) is 36.3 Å². The minimum atomic E-state index is -0.225. The molecule has 2 heterocycles. The number of aryl methyl sites for hydroxylation is 3. The van der Waals surface area contributed by atoms with Gasteiger partial charge in [0.05, 0.1) is 6.61 Å². The van der Waals surface area contributed by atoms with Gasteiger partial charge in [-0.05, 0) is 63.5 Å². The van der Waals surface area contributed by atoms with Crippen molar-refractivity contribution in [3.63, 3.8) is 0 Å². The molecule has 5 heteroatoms. The number of anilines is 1. The zero-order valence-electron chi connectivity index (χ0n) is 16.3. The van der Waals surface area contributed by atoms with Crippen LogP contribution in [0.2, 0.25) is 0 Å². The first-order valence-corrected chi connectivity index (χ1v) is 8.98. The first kappa shape index (κ1) is 18.7. The Labute approximate surface area is 159 Å². The Bertz CT molecular complexity index is 1030. The summed E-state index contributed by atoms with van der Waals surface area (Å²) < 4.78 is 11.6. The minimum Gasteiger partial charge on any atom is -0.493 e. The van der Waals surface area contributed by atoms with Crippen molar-refractivity contribution in [2.45, 2.75) is 34.6 Å². The number of carbonyl (C=O) groups is 1. The molecular formula is C22H24N2O3. The van der Waals surface area contributed by atoms with Gasteiger partial charge < -0.3 is 14.5 Å². The van der Waals surface area contributed by atoms with Crippen molar-refractivity contribution in [2.24, 2.45) is 0 Å². The van der Waals surface area contributed by atoms with E-state index in [1.54, 1.807) is 12.3 Å². The summed E-state index contributed by atoms with van der Waals surface area (Å²) in [6, 6.07) is 7.67. The van der Waals surface area contributed by atoms with Gasteiger partial charge in [0.2, 0.25) is 5.91 Å². The lowest BCUT2D eigenvalue weighted by Gasteiger charge is -2.11. The smallest absolute Gasteiger partial charge is 0.249 e. The molecule has 0 atom stereocenters. The Morgan fingerprint density at radius 2 is 2.07 bits per heavy atom. The Morgan fingerprint density at radius 3 is 2.78 bits per heavy atom. The van der Waals surface area contributed by atoms with E-state index in [0.29, 0.717) is 18.2 Å². The number of furan rings is 1. The number of allylic oxidation sites excluding steroid dienone is 1. The van der Waals surface area contributed by atoms with Crippen LogP contribution >= 0.6 is 0 Å². The molecule has 27 heavy (non-hydrogen) atoms. The molecule has 3 rings (SSSR count). The van der Waals surface area contributed by atoms with Crippen molar-refractivity contribution in [3.8, 4) is 5.75 Å². The van der Waals surface area contributed by atoms with Crippen molar-refractivity contribution < 1.29 is 13.9 Å². The van der Waals surface area contributed by atoms with Crippen LogP contribution in [0.3, 0.4) is 0 Å². The summed E-state index contributed by atoms with van der Waals surface area (Å²) in [6.45, 7) is 10.2. The maximum Gasteiger partial charge on any atom is 0.249 e. The van der Waals surface area contributed by atoms with Crippen LogP contribution in [0.4, 0.5) is 5.82 Å². The monoisotopic (exact) mass is 364 g/mol. The van der Waals surface area contributed by atoms with Gasteiger partial charge in [-0.1, -0.05) is 6.07 Å². The van der Waals surface area contributed by atoms with E-state index in [4.69, 9.17) is 9.15 Å². The molecule has 0 fully saturated rings. The van der Waals surface area contributed by atoms with Gasteiger partial charge in [0.15, 0.2) is 0 Å². The predicted octanol–water partition coefficient (Wildman–Crippen LogP) is 5.19. The van der Waals surface area contributed by atoms with Crippen LogP contribution < -0.4 is 10.1 Å². The number of nitrogens with zero attached hydrogens (tertiary/aromatic N) is 1. The molecule has 0 aliphatic carbocycles. The van der Waals surface area contributed by atoms with Crippen LogP contribution in [0, 0.1) is 20.8 Å². The third kappa shape index (κ3) is 3.87. The molecule has 0 saturated heterocycles. The molecule has 0 saturated carbocycles. The number of hydrogen-bond donors (Lipinski definition) is 1. The highest BCUT2D eigenvalue weighted by Crippen LogP contribution is 2.35. The highest BCUT2D eigenvalue weighted by Gasteiger charge is 2.15. The molecule has 3 aromatic rings. The normalized spacial score (nSPS) is 11.7. The van der Waals surface area contributed by atoms with E-state index in [1.165, 1.54) is 0 Å². The first-order chi connectivity index (χ1) is 12.9. The first-order valence-electron chi connectivity index (χ1n) is 8.98. The fourth-order valence-electron chi connectivity index (χ4n) is 3.00. The van der Waals surface area contributed by atoms with E-state index in [0.717, 1.165) is 39.0 Å². The highest BCUT2D eigenvalue weighted by molar-refractivity contribution is 6.04. The van der Waals surface area contributed by atoms with Crippen molar-refractivity contribution in [3.05, 3.63) is 59.0 Å². The summed E-state index contributed by atoms with van der Waals surface area (Å²) in [4.78, 5) is 16.7. The second-order valence-corrected chi connectivity index (χ2v) is 6.55. The fourth-order valence-corrected chi connectivity index (χ4v) is 3.00. The molecule has 0 bridgehead atoms. The maximum absolute atomic E-state index is 12.5. The number of aromatic nitrogens is 1. The standard InChI is InChI=1S/C22H24N2O3/c1-6-26-19-12-20-18(15(4)16(5)27-20)11-17(19)14(3)10-21(25)24-22-13(2)8-7-9-23-22/h7-12H,6H2,1-5H3,(H,23,24,25)/b14-10+. The lowest BCUT2D eigenvalue weighted by molar-refractivity contribution is -0.111. The second kappa shape index (κ2) is 7.66. The average Bonchev–Trinajstić information content (AvgIpc) is 2.90. The van der Waals surface area contributed by atoms with Crippen LogP contribution in [-0.2, 0) is 4.79 Å². The van der Waals surface area contributed by atoms with Gasteiger partial charge in [-0.15, -0.1) is 0 Å². The molecule has 0 unspecified atom stereocenters. The van der Waals surface area contributed by atoms with Gasteiger partial charge in [-0.2, -0.15) is 0 Å². The van der Waals surface area contributed by atoms with E-state index in [2.05, 4.69) is 10.3 Å². The van der Waals surface area contributed by atoms with Crippen molar-refractivity contribution in [2.75, 3.05) is 11.9 Å². The number of amides is 1. The van der Waals surface area contributed by atoms with Crippen molar-refractivity contribution in [1.29, 1.82) is 0 Å². The average molecular weight is 364 g/mol. The third-order valence-electron chi connectivity index (χ3n) is 4.60. The molecule has 1 N–H and O–H groups in total. The lowest BCUT2D eigenvalue weighted by atomic mass is 10.0. The zero-order valence-corrected chi connectivity index (χ0v) is 16.3. The van der Waals surface area contributed by atoms with E-state index >= 15 is 0 Å². The number of carbonyl (C=O) groups excluding carboxylic acids is 1. The zero-order chi connectivity index (χ0) is 19.6. The lowest BCUT2D eigenvalue weighted by Crippen LogP contribution is -2.11. The molecule has 1 aromatic carbocycles. The molecule has 1 amide bonds. The van der Waals surface area contributed by atoms with Crippen LogP contribution in [0.15, 0.2) is 41.0 Å². The highest BCUT2D eigenvalue weighted by atomic mass is 16.5. The number of ether oxygens (including phenoxy) is 1. The summed E-state index contributed by atoms with van der Waals surface area (Å²) in [6.07, 6.45) is 3.23. The van der Waals surface area contributed by atoms with E-state index in [9.17, 15) is 4.79 Å². The quantitative estimate of drug-likeness (QED) is 0.633.